The van der Waals surface area contributed by atoms with Gasteiger partial charge in [-0.05, 0) is 18.2 Å². The van der Waals surface area contributed by atoms with Crippen molar-refractivity contribution in [2.45, 2.75) is 12.0 Å². The Morgan fingerprint density at radius 1 is 1.04 bits per heavy atom. The number of hydrogen-bond donors (Lipinski definition) is 3. The molecular formula is C17H18O6. The summed E-state index contributed by atoms with van der Waals surface area (Å²) in [5.74, 6) is 0.703. The van der Waals surface area contributed by atoms with Crippen LogP contribution in [0.25, 0.3) is 0 Å². The lowest BCUT2D eigenvalue weighted by molar-refractivity contribution is 0.0851. The molecule has 0 spiro atoms. The van der Waals surface area contributed by atoms with E-state index in [2.05, 4.69) is 0 Å². The van der Waals surface area contributed by atoms with Gasteiger partial charge in [-0.1, -0.05) is 6.07 Å². The largest absolute Gasteiger partial charge is 0.508 e. The zero-order valence-electron chi connectivity index (χ0n) is 12.8. The first-order valence-electron chi connectivity index (χ1n) is 7.14. The monoisotopic (exact) mass is 318 g/mol. The van der Waals surface area contributed by atoms with E-state index in [4.69, 9.17) is 14.2 Å². The zero-order chi connectivity index (χ0) is 16.6. The number of aromatic hydroxyl groups is 2. The smallest absolute Gasteiger partial charge is 0.203 e. The third kappa shape index (κ3) is 2.51. The third-order valence-corrected chi connectivity index (χ3v) is 4.05. The summed E-state index contributed by atoms with van der Waals surface area (Å²) in [5.41, 5.74) is 1.27. The Bertz CT molecular complexity index is 727. The molecule has 0 fully saturated rings. The molecule has 0 saturated heterocycles. The molecule has 1 heterocycles. The molecule has 122 valence electrons. The second-order valence-corrected chi connectivity index (χ2v) is 5.32. The second-order valence-electron chi connectivity index (χ2n) is 5.32. The van der Waals surface area contributed by atoms with E-state index < -0.39 is 6.10 Å². The highest BCUT2D eigenvalue weighted by atomic mass is 16.5. The van der Waals surface area contributed by atoms with E-state index in [9.17, 15) is 15.3 Å². The molecule has 0 saturated carbocycles. The lowest BCUT2D eigenvalue weighted by Crippen LogP contribution is -2.25. The molecule has 0 aliphatic carbocycles. The summed E-state index contributed by atoms with van der Waals surface area (Å²) >= 11 is 0. The first kappa shape index (κ1) is 15.3. The zero-order valence-corrected chi connectivity index (χ0v) is 12.8. The Balaban J connectivity index is 2.03. The van der Waals surface area contributed by atoms with Gasteiger partial charge in [0.1, 0.15) is 11.5 Å². The SMILES string of the molecule is COc1cc(O)ccc1C1COc2c(ccc(O)c2OC)C1O. The quantitative estimate of drug-likeness (QED) is 0.805. The Morgan fingerprint density at radius 2 is 1.78 bits per heavy atom. The molecule has 0 bridgehead atoms. The van der Waals surface area contributed by atoms with Crippen LogP contribution in [-0.4, -0.2) is 36.1 Å². The minimum atomic E-state index is -0.855. The van der Waals surface area contributed by atoms with Crippen LogP contribution in [-0.2, 0) is 0 Å². The molecule has 3 rings (SSSR count). The highest BCUT2D eigenvalue weighted by molar-refractivity contribution is 5.57. The van der Waals surface area contributed by atoms with Crippen molar-refractivity contribution < 1.29 is 29.5 Å². The Morgan fingerprint density at radius 3 is 2.48 bits per heavy atom. The molecule has 23 heavy (non-hydrogen) atoms. The van der Waals surface area contributed by atoms with Crippen molar-refractivity contribution in [3.8, 4) is 28.7 Å². The molecule has 0 amide bonds. The second kappa shape index (κ2) is 5.89. The van der Waals surface area contributed by atoms with Gasteiger partial charge in [0.15, 0.2) is 11.5 Å². The highest BCUT2D eigenvalue weighted by Crippen LogP contribution is 2.49. The van der Waals surface area contributed by atoms with Crippen LogP contribution in [0.1, 0.15) is 23.1 Å². The van der Waals surface area contributed by atoms with Crippen molar-refractivity contribution in [2.75, 3.05) is 20.8 Å². The van der Waals surface area contributed by atoms with Gasteiger partial charge in [-0.3, -0.25) is 0 Å². The predicted molar refractivity (Wildman–Crippen MR) is 82.5 cm³/mol. The van der Waals surface area contributed by atoms with E-state index in [-0.39, 0.29) is 29.8 Å². The predicted octanol–water partition coefficient (Wildman–Crippen LogP) is 2.32. The summed E-state index contributed by atoms with van der Waals surface area (Å²) in [6, 6.07) is 7.80. The molecule has 0 radical (unpaired) electrons. The van der Waals surface area contributed by atoms with Gasteiger partial charge in [0.05, 0.1) is 32.8 Å². The Kier molecular flexibility index (Phi) is 3.92. The van der Waals surface area contributed by atoms with Crippen molar-refractivity contribution in [1.82, 2.24) is 0 Å². The van der Waals surface area contributed by atoms with Crippen LogP contribution in [0.4, 0.5) is 0 Å². The Labute approximate surface area is 133 Å². The van der Waals surface area contributed by atoms with Gasteiger partial charge in [-0.15, -0.1) is 0 Å². The molecule has 2 aromatic carbocycles. The van der Waals surface area contributed by atoms with E-state index in [1.54, 1.807) is 12.1 Å². The van der Waals surface area contributed by atoms with Gasteiger partial charge in [0.25, 0.3) is 0 Å². The van der Waals surface area contributed by atoms with E-state index in [1.165, 1.54) is 32.4 Å². The number of benzene rings is 2. The lowest BCUT2D eigenvalue weighted by atomic mass is 9.86. The van der Waals surface area contributed by atoms with Crippen LogP contribution < -0.4 is 14.2 Å². The van der Waals surface area contributed by atoms with Gasteiger partial charge in [0, 0.05) is 17.2 Å². The number of phenols is 2. The van der Waals surface area contributed by atoms with E-state index in [0.29, 0.717) is 17.1 Å². The molecular weight excluding hydrogens is 300 g/mol. The average molecular weight is 318 g/mol. The Hall–Kier alpha value is -2.60. The maximum absolute atomic E-state index is 10.7. The third-order valence-electron chi connectivity index (χ3n) is 4.05. The standard InChI is InChI=1S/C17H18O6/c1-21-14-7-9(18)3-4-10(14)12-8-23-16-11(15(12)20)5-6-13(19)17(16)22-2/h3-7,12,15,18-20H,8H2,1-2H3. The van der Waals surface area contributed by atoms with Crippen LogP contribution >= 0.6 is 0 Å². The maximum Gasteiger partial charge on any atom is 0.203 e. The number of fused-ring (bicyclic) bond motifs is 1. The fraction of sp³-hybridized carbons (Fsp3) is 0.294. The van der Waals surface area contributed by atoms with Crippen LogP contribution in [0.15, 0.2) is 30.3 Å². The molecule has 3 N–H and O–H groups in total. The molecule has 6 heteroatoms. The molecule has 6 nitrogen and oxygen atoms in total. The van der Waals surface area contributed by atoms with Gasteiger partial charge in [-0.25, -0.2) is 0 Å². The van der Waals surface area contributed by atoms with Gasteiger partial charge in [-0.2, -0.15) is 0 Å². The van der Waals surface area contributed by atoms with Crippen molar-refractivity contribution in [3.05, 3.63) is 41.5 Å². The number of rotatable bonds is 3. The van der Waals surface area contributed by atoms with Crippen molar-refractivity contribution in [3.63, 3.8) is 0 Å². The maximum atomic E-state index is 10.7. The van der Waals surface area contributed by atoms with Crippen LogP contribution in [0.3, 0.4) is 0 Å². The van der Waals surface area contributed by atoms with Crippen molar-refractivity contribution >= 4 is 0 Å². The van der Waals surface area contributed by atoms with Crippen molar-refractivity contribution in [1.29, 1.82) is 0 Å². The summed E-state index contributed by atoms with van der Waals surface area (Å²) in [5, 5.41) is 30.1. The molecule has 2 aromatic rings. The molecule has 2 unspecified atom stereocenters. The number of methoxy groups -OCH3 is 2. The minimum Gasteiger partial charge on any atom is -0.508 e. The van der Waals surface area contributed by atoms with Gasteiger partial charge in [0.2, 0.25) is 5.75 Å². The fourth-order valence-corrected chi connectivity index (χ4v) is 2.89. The number of aliphatic hydroxyl groups excluding tert-OH is 1. The van der Waals surface area contributed by atoms with Gasteiger partial charge < -0.3 is 29.5 Å². The molecule has 2 atom stereocenters. The topological polar surface area (TPSA) is 88.4 Å². The molecule has 1 aliphatic heterocycles. The van der Waals surface area contributed by atoms with E-state index >= 15 is 0 Å². The summed E-state index contributed by atoms with van der Waals surface area (Å²) in [7, 11) is 2.93. The summed E-state index contributed by atoms with van der Waals surface area (Å²) in [6.45, 7) is 0.190. The fourth-order valence-electron chi connectivity index (χ4n) is 2.89. The average Bonchev–Trinajstić information content (AvgIpc) is 2.55. The summed E-state index contributed by atoms with van der Waals surface area (Å²) < 4.78 is 16.2. The molecule has 0 aromatic heterocycles. The highest BCUT2D eigenvalue weighted by Gasteiger charge is 2.35. The first-order chi connectivity index (χ1) is 11.1. The first-order valence-corrected chi connectivity index (χ1v) is 7.14. The number of hydrogen-bond acceptors (Lipinski definition) is 6. The van der Waals surface area contributed by atoms with Crippen molar-refractivity contribution in [2.24, 2.45) is 0 Å². The normalized spacial score (nSPS) is 19.6. The van der Waals surface area contributed by atoms with E-state index in [1.807, 2.05) is 0 Å². The van der Waals surface area contributed by atoms with Crippen LogP contribution in [0.2, 0.25) is 0 Å². The van der Waals surface area contributed by atoms with Gasteiger partial charge >= 0.3 is 0 Å². The van der Waals surface area contributed by atoms with Crippen LogP contribution in [0.5, 0.6) is 28.7 Å². The summed E-state index contributed by atoms with van der Waals surface area (Å²) in [6.07, 6.45) is -0.855. The van der Waals surface area contributed by atoms with E-state index in [0.717, 1.165) is 5.56 Å². The lowest BCUT2D eigenvalue weighted by Gasteiger charge is -2.32. The number of phenolic OH excluding ortho intramolecular Hbond substituents is 2. The van der Waals surface area contributed by atoms with Crippen LogP contribution in [0, 0.1) is 0 Å². The number of aliphatic hydroxyl groups is 1. The number of ether oxygens (including phenoxy) is 3. The summed E-state index contributed by atoms with van der Waals surface area (Å²) in [4.78, 5) is 0. The minimum absolute atomic E-state index is 0.0425. The molecule has 1 aliphatic rings.